The molecular formula is C12H14N7Re-. The maximum atomic E-state index is 9.11. The Kier molecular flexibility index (Phi) is 4.22. The van der Waals surface area contributed by atoms with Crippen LogP contribution in [0.1, 0.15) is 25.5 Å². The molecule has 1 atom stereocenters. The Morgan fingerprint density at radius 3 is 2.95 bits per heavy atom. The Hall–Kier alpha value is -1.70. The SMILES string of the molecule is CC1CCCN(c2nc(N)nc3[n-]nc(C#N)c23)C1.[Re]. The van der Waals surface area contributed by atoms with E-state index in [0.29, 0.717) is 22.8 Å². The average Bonchev–Trinajstić information content (AvgIpc) is 2.80. The molecule has 1 aliphatic heterocycles. The van der Waals surface area contributed by atoms with Crippen molar-refractivity contribution in [1.82, 2.24) is 20.2 Å². The van der Waals surface area contributed by atoms with Crippen LogP contribution in [0.15, 0.2) is 0 Å². The van der Waals surface area contributed by atoms with Crippen LogP contribution < -0.4 is 15.7 Å². The van der Waals surface area contributed by atoms with Gasteiger partial charge in [-0.1, -0.05) is 6.92 Å². The number of hydrogen-bond acceptors (Lipinski definition) is 6. The molecule has 8 heteroatoms. The minimum absolute atomic E-state index is 0. The maximum absolute atomic E-state index is 9.11. The average molecular weight is 442 g/mol. The van der Waals surface area contributed by atoms with E-state index in [9.17, 15) is 0 Å². The summed E-state index contributed by atoms with van der Waals surface area (Å²) in [5, 5.41) is 17.5. The van der Waals surface area contributed by atoms with Crippen LogP contribution in [0.3, 0.4) is 0 Å². The summed E-state index contributed by atoms with van der Waals surface area (Å²) < 4.78 is 0. The monoisotopic (exact) mass is 443 g/mol. The van der Waals surface area contributed by atoms with Gasteiger partial charge in [-0.3, -0.25) is 0 Å². The van der Waals surface area contributed by atoms with Gasteiger partial charge in [-0.25, -0.2) is 10.1 Å². The zero-order valence-corrected chi connectivity index (χ0v) is 13.8. The third kappa shape index (κ3) is 2.47. The zero-order chi connectivity index (χ0) is 13.4. The number of piperidine rings is 1. The fraction of sp³-hybridized carbons (Fsp3) is 0.500. The van der Waals surface area contributed by atoms with E-state index in [2.05, 4.69) is 32.0 Å². The van der Waals surface area contributed by atoms with Gasteiger partial charge in [-0.05, 0) is 24.4 Å². The van der Waals surface area contributed by atoms with Gasteiger partial charge in [0.25, 0.3) is 0 Å². The summed E-state index contributed by atoms with van der Waals surface area (Å²) in [7, 11) is 0. The molecule has 0 aromatic carbocycles. The molecule has 2 aromatic heterocycles. The third-order valence-electron chi connectivity index (χ3n) is 3.43. The molecule has 1 aliphatic rings. The first-order chi connectivity index (χ1) is 9.19. The Balaban J connectivity index is 0.00000147. The van der Waals surface area contributed by atoms with Crippen molar-refractivity contribution < 1.29 is 20.4 Å². The molecule has 1 radical (unpaired) electrons. The Labute approximate surface area is 130 Å². The predicted octanol–water partition coefficient (Wildman–Crippen LogP) is 0.670. The second-order valence-corrected chi connectivity index (χ2v) is 4.96. The van der Waals surface area contributed by atoms with E-state index in [1.54, 1.807) is 0 Å². The van der Waals surface area contributed by atoms with Crippen molar-refractivity contribution in [1.29, 1.82) is 5.26 Å². The number of aromatic nitrogens is 4. The molecule has 20 heavy (non-hydrogen) atoms. The van der Waals surface area contributed by atoms with Gasteiger partial charge < -0.3 is 20.7 Å². The van der Waals surface area contributed by atoms with E-state index in [0.717, 1.165) is 19.5 Å². The molecule has 3 heterocycles. The fourth-order valence-corrected chi connectivity index (χ4v) is 2.57. The summed E-state index contributed by atoms with van der Waals surface area (Å²) in [5.41, 5.74) is 6.38. The van der Waals surface area contributed by atoms with E-state index in [-0.39, 0.29) is 32.1 Å². The van der Waals surface area contributed by atoms with Crippen LogP contribution in [0.2, 0.25) is 0 Å². The fourth-order valence-electron chi connectivity index (χ4n) is 2.57. The van der Waals surface area contributed by atoms with Crippen molar-refractivity contribution in [3.8, 4) is 6.07 Å². The first-order valence-electron chi connectivity index (χ1n) is 6.30. The molecule has 0 spiro atoms. The molecule has 1 saturated heterocycles. The van der Waals surface area contributed by atoms with E-state index in [4.69, 9.17) is 11.0 Å². The Morgan fingerprint density at radius 1 is 1.45 bits per heavy atom. The molecule has 7 nitrogen and oxygen atoms in total. The number of nitrogens with two attached hydrogens (primary N) is 1. The maximum Gasteiger partial charge on any atom is 0.150 e. The van der Waals surface area contributed by atoms with Gasteiger partial charge in [0.15, 0.2) is 0 Å². The number of nitriles is 1. The summed E-state index contributed by atoms with van der Waals surface area (Å²) in [4.78, 5) is 10.5. The van der Waals surface area contributed by atoms with E-state index < -0.39 is 0 Å². The smallest absolute Gasteiger partial charge is 0.150 e. The van der Waals surface area contributed by atoms with E-state index in [1.165, 1.54) is 6.42 Å². The topological polar surface area (TPSA) is 106 Å². The Bertz CT molecular complexity index is 660. The molecule has 105 valence electrons. The van der Waals surface area contributed by atoms with Gasteiger partial charge in [0.2, 0.25) is 0 Å². The minimum Gasteiger partial charge on any atom is -0.403 e. The van der Waals surface area contributed by atoms with Gasteiger partial charge in [-0.15, -0.1) is 0 Å². The molecule has 0 amide bonds. The van der Waals surface area contributed by atoms with Crippen molar-refractivity contribution in [3.63, 3.8) is 0 Å². The third-order valence-corrected chi connectivity index (χ3v) is 3.43. The molecule has 1 fully saturated rings. The van der Waals surface area contributed by atoms with Crippen LogP contribution in [0.5, 0.6) is 0 Å². The molecule has 0 saturated carbocycles. The minimum atomic E-state index is 0. The second kappa shape index (κ2) is 5.74. The van der Waals surface area contributed by atoms with Crippen molar-refractivity contribution >= 4 is 22.8 Å². The number of hydrogen-bond donors (Lipinski definition) is 1. The standard InChI is InChI=1S/C12H14N7.Re/c1-7-3-2-4-19(6-7)11-9-8(5-13)17-18-10(9)15-12(14)16-11;/h7H,2-4,6H2,1H3,(H2-,14,15,16,17,18);/q-1;. The van der Waals surface area contributed by atoms with Gasteiger partial charge in [0, 0.05) is 33.5 Å². The van der Waals surface area contributed by atoms with Crippen molar-refractivity contribution in [3.05, 3.63) is 5.69 Å². The zero-order valence-electron chi connectivity index (χ0n) is 11.0. The Morgan fingerprint density at radius 2 is 2.25 bits per heavy atom. The van der Waals surface area contributed by atoms with E-state index >= 15 is 0 Å². The summed E-state index contributed by atoms with van der Waals surface area (Å²) in [6.45, 7) is 4.02. The van der Waals surface area contributed by atoms with Crippen molar-refractivity contribution in [2.45, 2.75) is 19.8 Å². The van der Waals surface area contributed by atoms with Crippen LogP contribution in [0.4, 0.5) is 11.8 Å². The molecule has 2 N–H and O–H groups in total. The molecular weight excluding hydrogens is 428 g/mol. The quantitative estimate of drug-likeness (QED) is 0.692. The molecule has 2 aromatic rings. The summed E-state index contributed by atoms with van der Waals surface area (Å²) >= 11 is 0. The summed E-state index contributed by atoms with van der Waals surface area (Å²) in [6, 6.07) is 2.04. The molecule has 3 rings (SSSR count). The van der Waals surface area contributed by atoms with Gasteiger partial charge >= 0.3 is 0 Å². The van der Waals surface area contributed by atoms with Gasteiger partial charge in [0.05, 0.1) is 5.39 Å². The molecule has 1 unspecified atom stereocenters. The second-order valence-electron chi connectivity index (χ2n) is 4.96. The van der Waals surface area contributed by atoms with E-state index in [1.807, 2.05) is 6.07 Å². The number of anilines is 2. The largest absolute Gasteiger partial charge is 0.403 e. The summed E-state index contributed by atoms with van der Waals surface area (Å²) in [6.07, 6.45) is 2.32. The number of nitrogens with zero attached hydrogens (tertiary/aromatic N) is 6. The van der Waals surface area contributed by atoms with Crippen LogP contribution >= 0.6 is 0 Å². The first kappa shape index (κ1) is 14.7. The van der Waals surface area contributed by atoms with Crippen LogP contribution in [0, 0.1) is 17.2 Å². The molecule has 0 aliphatic carbocycles. The number of fused-ring (bicyclic) bond motifs is 1. The first-order valence-corrected chi connectivity index (χ1v) is 6.30. The van der Waals surface area contributed by atoms with Crippen molar-refractivity contribution in [2.75, 3.05) is 23.7 Å². The van der Waals surface area contributed by atoms with Crippen LogP contribution in [-0.2, 0) is 20.4 Å². The van der Waals surface area contributed by atoms with Gasteiger partial charge in [-0.2, -0.15) is 5.26 Å². The predicted molar refractivity (Wildman–Crippen MR) is 70.4 cm³/mol. The number of nitrogen functional groups attached to an aromatic ring is 1. The summed E-state index contributed by atoms with van der Waals surface area (Å²) in [5.74, 6) is 1.46. The number of rotatable bonds is 1. The van der Waals surface area contributed by atoms with Crippen LogP contribution in [-0.4, -0.2) is 28.2 Å². The van der Waals surface area contributed by atoms with Crippen molar-refractivity contribution in [2.24, 2.45) is 5.92 Å². The van der Waals surface area contributed by atoms with Gasteiger partial charge in [0.1, 0.15) is 23.5 Å². The molecule has 0 bridgehead atoms. The van der Waals surface area contributed by atoms with Crippen LogP contribution in [0.25, 0.3) is 11.0 Å². The normalized spacial score (nSPS) is 18.6.